The van der Waals surface area contributed by atoms with Gasteiger partial charge in [-0.15, -0.1) is 0 Å². The Morgan fingerprint density at radius 3 is 2.88 bits per heavy atom. The van der Waals surface area contributed by atoms with Crippen LogP contribution >= 0.6 is 0 Å². The molecule has 2 amide bonds. The quantitative estimate of drug-likeness (QED) is 0.883. The van der Waals surface area contributed by atoms with Crippen molar-refractivity contribution in [1.82, 2.24) is 5.32 Å². The van der Waals surface area contributed by atoms with E-state index in [1.54, 1.807) is 12.0 Å². The number of nitrogens with zero attached hydrogens (tertiary/aromatic N) is 1. The normalized spacial score (nSPS) is 12.9. The van der Waals surface area contributed by atoms with Crippen LogP contribution in [0.15, 0.2) is 48.5 Å². The number of anilines is 1. The molecule has 124 valence electrons. The van der Waals surface area contributed by atoms with Crippen LogP contribution in [-0.2, 0) is 22.4 Å². The maximum absolute atomic E-state index is 12.1. The first-order valence-electron chi connectivity index (χ1n) is 7.95. The molecule has 0 saturated carbocycles. The number of ether oxygens (including phenoxy) is 1. The number of benzene rings is 2. The number of fused-ring (bicyclic) bond motifs is 1. The van der Waals surface area contributed by atoms with Crippen molar-refractivity contribution >= 4 is 17.5 Å². The van der Waals surface area contributed by atoms with Crippen LogP contribution in [0.3, 0.4) is 0 Å². The van der Waals surface area contributed by atoms with Crippen LogP contribution in [0, 0.1) is 0 Å². The lowest BCUT2D eigenvalue weighted by atomic mass is 10.1. The first-order chi connectivity index (χ1) is 11.7. The zero-order valence-corrected chi connectivity index (χ0v) is 13.6. The number of carbonyl (C=O) groups excluding carboxylic acids is 2. The van der Waals surface area contributed by atoms with Crippen LogP contribution in [0.2, 0.25) is 0 Å². The Bertz CT molecular complexity index is 758. The Labute approximate surface area is 141 Å². The summed E-state index contributed by atoms with van der Waals surface area (Å²) in [7, 11) is 1.60. The highest BCUT2D eigenvalue weighted by Gasteiger charge is 2.26. The smallest absolute Gasteiger partial charge is 0.231 e. The molecule has 0 aromatic heterocycles. The van der Waals surface area contributed by atoms with Gasteiger partial charge in [-0.25, -0.2) is 0 Å². The van der Waals surface area contributed by atoms with Gasteiger partial charge in [-0.3, -0.25) is 9.59 Å². The van der Waals surface area contributed by atoms with Crippen molar-refractivity contribution in [3.63, 3.8) is 0 Å². The molecule has 1 N–H and O–H groups in total. The average Bonchev–Trinajstić information content (AvgIpc) is 2.91. The molecule has 0 radical (unpaired) electrons. The van der Waals surface area contributed by atoms with Crippen molar-refractivity contribution in [2.24, 2.45) is 0 Å². The number of para-hydroxylation sites is 1. The van der Waals surface area contributed by atoms with Crippen LogP contribution in [0.1, 0.15) is 11.1 Å². The van der Waals surface area contributed by atoms with Crippen molar-refractivity contribution in [2.45, 2.75) is 12.8 Å². The number of amides is 2. The van der Waals surface area contributed by atoms with E-state index in [0.717, 1.165) is 22.6 Å². The number of methoxy groups -OCH3 is 1. The Hall–Kier alpha value is -2.82. The molecule has 5 nitrogen and oxygen atoms in total. The zero-order valence-electron chi connectivity index (χ0n) is 13.6. The fraction of sp³-hybridized carbons (Fsp3) is 0.263. The van der Waals surface area contributed by atoms with E-state index in [9.17, 15) is 9.59 Å². The van der Waals surface area contributed by atoms with Crippen LogP contribution in [-0.4, -0.2) is 32.0 Å². The van der Waals surface area contributed by atoms with Crippen LogP contribution in [0.5, 0.6) is 5.75 Å². The van der Waals surface area contributed by atoms with Crippen LogP contribution in [0.25, 0.3) is 0 Å². The lowest BCUT2D eigenvalue weighted by Crippen LogP contribution is -2.37. The molecule has 0 fully saturated rings. The third kappa shape index (κ3) is 3.56. The fourth-order valence-electron chi connectivity index (χ4n) is 2.90. The van der Waals surface area contributed by atoms with E-state index in [0.29, 0.717) is 25.9 Å². The monoisotopic (exact) mass is 324 g/mol. The minimum Gasteiger partial charge on any atom is -0.497 e. The maximum atomic E-state index is 12.1. The molecule has 1 aliphatic heterocycles. The molecular formula is C19H20N2O3. The number of carbonyl (C=O) groups is 2. The molecule has 1 heterocycles. The van der Waals surface area contributed by atoms with Crippen LogP contribution in [0.4, 0.5) is 5.69 Å². The summed E-state index contributed by atoms with van der Waals surface area (Å²) < 4.78 is 5.15. The Balaban J connectivity index is 1.51. The van der Waals surface area contributed by atoms with Crippen molar-refractivity contribution < 1.29 is 14.3 Å². The third-order valence-electron chi connectivity index (χ3n) is 4.08. The number of rotatable bonds is 6. The highest BCUT2D eigenvalue weighted by molar-refractivity contribution is 6.01. The summed E-state index contributed by atoms with van der Waals surface area (Å²) in [5.74, 6) is 0.751. The molecule has 0 spiro atoms. The van der Waals surface area contributed by atoms with Crippen molar-refractivity contribution in [2.75, 3.05) is 25.1 Å². The maximum Gasteiger partial charge on any atom is 0.231 e. The molecule has 24 heavy (non-hydrogen) atoms. The SMILES string of the molecule is COc1cccc(CC(=O)NCCN2C(=O)Cc3ccccc32)c1. The van der Waals surface area contributed by atoms with E-state index < -0.39 is 0 Å². The van der Waals surface area contributed by atoms with E-state index in [1.165, 1.54) is 0 Å². The van der Waals surface area contributed by atoms with Crippen molar-refractivity contribution in [3.05, 3.63) is 59.7 Å². The molecule has 0 saturated heterocycles. The molecule has 0 bridgehead atoms. The van der Waals surface area contributed by atoms with Gasteiger partial charge in [-0.2, -0.15) is 0 Å². The molecule has 5 heteroatoms. The van der Waals surface area contributed by atoms with E-state index in [1.807, 2.05) is 48.5 Å². The largest absolute Gasteiger partial charge is 0.497 e. The van der Waals surface area contributed by atoms with E-state index in [2.05, 4.69) is 5.32 Å². The second-order valence-electron chi connectivity index (χ2n) is 5.73. The molecule has 0 atom stereocenters. The predicted molar refractivity (Wildman–Crippen MR) is 92.2 cm³/mol. The second-order valence-corrected chi connectivity index (χ2v) is 5.73. The van der Waals surface area contributed by atoms with Gasteiger partial charge in [0.15, 0.2) is 0 Å². The van der Waals surface area contributed by atoms with Crippen LogP contribution < -0.4 is 15.0 Å². The summed E-state index contributed by atoms with van der Waals surface area (Å²) in [6.07, 6.45) is 0.732. The van der Waals surface area contributed by atoms with Gasteiger partial charge in [0.1, 0.15) is 5.75 Å². The van der Waals surface area contributed by atoms with E-state index in [-0.39, 0.29) is 11.8 Å². The van der Waals surface area contributed by atoms with Gasteiger partial charge in [0.05, 0.1) is 20.0 Å². The predicted octanol–water partition coefficient (Wildman–Crippen LogP) is 1.94. The fourth-order valence-corrected chi connectivity index (χ4v) is 2.90. The number of hydrogen-bond acceptors (Lipinski definition) is 3. The summed E-state index contributed by atoms with van der Waals surface area (Å²) >= 11 is 0. The summed E-state index contributed by atoms with van der Waals surface area (Å²) in [4.78, 5) is 25.9. The van der Waals surface area contributed by atoms with Crippen molar-refractivity contribution in [3.8, 4) is 5.75 Å². The minimum absolute atomic E-state index is 0.0665. The lowest BCUT2D eigenvalue weighted by molar-refractivity contribution is -0.121. The highest BCUT2D eigenvalue weighted by atomic mass is 16.5. The summed E-state index contributed by atoms with van der Waals surface area (Å²) in [6.45, 7) is 0.919. The average molecular weight is 324 g/mol. The minimum atomic E-state index is -0.0665. The van der Waals surface area contributed by atoms with E-state index >= 15 is 0 Å². The first kappa shape index (κ1) is 16.1. The molecule has 1 aliphatic rings. The van der Waals surface area contributed by atoms with Gasteiger partial charge in [0.2, 0.25) is 11.8 Å². The highest BCUT2D eigenvalue weighted by Crippen LogP contribution is 2.27. The molecule has 0 unspecified atom stereocenters. The van der Waals surface area contributed by atoms with E-state index in [4.69, 9.17) is 4.74 Å². The Kier molecular flexibility index (Phi) is 4.79. The van der Waals surface area contributed by atoms with Crippen molar-refractivity contribution in [1.29, 1.82) is 0 Å². The van der Waals surface area contributed by atoms with Gasteiger partial charge in [0, 0.05) is 18.8 Å². The third-order valence-corrected chi connectivity index (χ3v) is 4.08. The summed E-state index contributed by atoms with van der Waals surface area (Å²) in [5, 5.41) is 2.87. The number of nitrogens with one attached hydrogen (secondary N) is 1. The summed E-state index contributed by atoms with van der Waals surface area (Å²) in [6, 6.07) is 15.2. The Morgan fingerprint density at radius 1 is 1.21 bits per heavy atom. The zero-order chi connectivity index (χ0) is 16.9. The molecule has 3 rings (SSSR count). The van der Waals surface area contributed by atoms with Gasteiger partial charge in [-0.1, -0.05) is 30.3 Å². The second kappa shape index (κ2) is 7.17. The number of hydrogen-bond donors (Lipinski definition) is 1. The first-order valence-corrected chi connectivity index (χ1v) is 7.95. The topological polar surface area (TPSA) is 58.6 Å². The van der Waals surface area contributed by atoms with Gasteiger partial charge < -0.3 is 15.0 Å². The molecule has 2 aromatic rings. The van der Waals surface area contributed by atoms with Gasteiger partial charge in [-0.05, 0) is 29.3 Å². The van der Waals surface area contributed by atoms with Gasteiger partial charge >= 0.3 is 0 Å². The Morgan fingerprint density at radius 2 is 2.04 bits per heavy atom. The lowest BCUT2D eigenvalue weighted by Gasteiger charge is -2.17. The standard InChI is InChI=1S/C19H20N2O3/c1-24-16-7-4-5-14(11-16)12-18(22)20-9-10-21-17-8-3-2-6-15(17)13-19(21)23/h2-8,11H,9-10,12-13H2,1H3,(H,20,22). The molecule has 0 aliphatic carbocycles. The van der Waals surface area contributed by atoms with Gasteiger partial charge in [0.25, 0.3) is 0 Å². The molecule has 2 aromatic carbocycles. The summed E-state index contributed by atoms with van der Waals surface area (Å²) in [5.41, 5.74) is 2.89. The molecular weight excluding hydrogens is 304 g/mol.